The fourth-order valence-electron chi connectivity index (χ4n) is 2.08. The third-order valence-corrected chi connectivity index (χ3v) is 3.63. The van der Waals surface area contributed by atoms with Gasteiger partial charge in [0.15, 0.2) is 5.82 Å². The second-order valence-corrected chi connectivity index (χ2v) is 5.58. The number of nitrogens with zero attached hydrogens (tertiary/aromatic N) is 3. The number of halogens is 1. The highest BCUT2D eigenvalue weighted by Gasteiger charge is 2.30. The minimum Gasteiger partial charge on any atom is -0.492 e. The Kier molecular flexibility index (Phi) is 3.42. The van der Waals surface area contributed by atoms with E-state index >= 15 is 0 Å². The lowest BCUT2D eigenvalue weighted by molar-refractivity contribution is 0.287. The number of aromatic nitrogens is 3. The number of hydrogen-bond donors (Lipinski definition) is 1. The first-order valence-electron chi connectivity index (χ1n) is 6.31. The summed E-state index contributed by atoms with van der Waals surface area (Å²) in [5.74, 6) is 1.95. The Morgan fingerprint density at radius 3 is 3.00 bits per heavy atom. The summed E-state index contributed by atoms with van der Waals surface area (Å²) in [6, 6.07) is 7.79. The SMILES string of the molecule is Nc1nnn(CCOc2cccc(Br)c2)c1C1CC1. The minimum atomic E-state index is 0.542. The van der Waals surface area contributed by atoms with Crippen LogP contribution in [0.1, 0.15) is 24.5 Å². The van der Waals surface area contributed by atoms with Gasteiger partial charge in [-0.05, 0) is 31.0 Å². The van der Waals surface area contributed by atoms with Gasteiger partial charge in [0.2, 0.25) is 0 Å². The zero-order valence-electron chi connectivity index (χ0n) is 10.4. The van der Waals surface area contributed by atoms with Crippen LogP contribution in [0.3, 0.4) is 0 Å². The summed E-state index contributed by atoms with van der Waals surface area (Å²) >= 11 is 3.42. The van der Waals surface area contributed by atoms with Crippen LogP contribution in [-0.2, 0) is 6.54 Å². The largest absolute Gasteiger partial charge is 0.492 e. The number of rotatable bonds is 5. The van der Waals surface area contributed by atoms with Gasteiger partial charge in [0.25, 0.3) is 0 Å². The Balaban J connectivity index is 1.61. The Hall–Kier alpha value is -1.56. The molecule has 1 aromatic heterocycles. The fraction of sp³-hybridized carbons (Fsp3) is 0.385. The topological polar surface area (TPSA) is 66.0 Å². The van der Waals surface area contributed by atoms with Crippen LogP contribution in [0.15, 0.2) is 28.7 Å². The first-order valence-corrected chi connectivity index (χ1v) is 7.10. The van der Waals surface area contributed by atoms with Crippen molar-refractivity contribution in [1.82, 2.24) is 15.0 Å². The zero-order valence-corrected chi connectivity index (χ0v) is 12.0. The summed E-state index contributed by atoms with van der Waals surface area (Å²) in [6.07, 6.45) is 2.37. The predicted octanol–water partition coefficient (Wildman–Crippen LogP) is 2.58. The van der Waals surface area contributed by atoms with E-state index in [1.54, 1.807) is 0 Å². The molecule has 0 atom stereocenters. The summed E-state index contributed by atoms with van der Waals surface area (Å²) in [4.78, 5) is 0. The highest BCUT2D eigenvalue weighted by molar-refractivity contribution is 9.10. The van der Waals surface area contributed by atoms with E-state index in [0.717, 1.165) is 15.9 Å². The lowest BCUT2D eigenvalue weighted by Crippen LogP contribution is -2.12. The summed E-state index contributed by atoms with van der Waals surface area (Å²) in [7, 11) is 0. The predicted molar refractivity (Wildman–Crippen MR) is 76.0 cm³/mol. The third-order valence-electron chi connectivity index (χ3n) is 3.13. The molecule has 100 valence electrons. The standard InChI is InChI=1S/C13H15BrN4O/c14-10-2-1-3-11(8-10)19-7-6-18-12(9-4-5-9)13(15)16-17-18/h1-3,8-9H,4-7,15H2. The van der Waals surface area contributed by atoms with E-state index in [1.807, 2.05) is 28.9 Å². The minimum absolute atomic E-state index is 0.542. The second kappa shape index (κ2) is 5.21. The molecule has 0 spiro atoms. The number of nitrogen functional groups attached to an aromatic ring is 1. The lowest BCUT2D eigenvalue weighted by Gasteiger charge is -2.08. The van der Waals surface area contributed by atoms with Crippen LogP contribution >= 0.6 is 15.9 Å². The molecule has 0 radical (unpaired) electrons. The van der Waals surface area contributed by atoms with Crippen LogP contribution in [0.2, 0.25) is 0 Å². The molecule has 5 nitrogen and oxygen atoms in total. The molecule has 0 unspecified atom stereocenters. The van der Waals surface area contributed by atoms with Crippen molar-refractivity contribution in [2.45, 2.75) is 25.3 Å². The van der Waals surface area contributed by atoms with Gasteiger partial charge in [-0.3, -0.25) is 0 Å². The maximum absolute atomic E-state index is 5.84. The number of benzene rings is 1. The van der Waals surface area contributed by atoms with E-state index in [9.17, 15) is 0 Å². The molecule has 6 heteroatoms. The number of hydrogen-bond acceptors (Lipinski definition) is 4. The smallest absolute Gasteiger partial charge is 0.169 e. The van der Waals surface area contributed by atoms with Crippen molar-refractivity contribution < 1.29 is 4.74 Å². The van der Waals surface area contributed by atoms with Crippen molar-refractivity contribution in [1.29, 1.82) is 0 Å². The lowest BCUT2D eigenvalue weighted by atomic mass is 10.3. The van der Waals surface area contributed by atoms with Crippen molar-refractivity contribution in [3.63, 3.8) is 0 Å². The first kappa shape index (κ1) is 12.5. The van der Waals surface area contributed by atoms with Crippen LogP contribution in [0.5, 0.6) is 5.75 Å². The van der Waals surface area contributed by atoms with E-state index in [0.29, 0.717) is 24.9 Å². The van der Waals surface area contributed by atoms with E-state index in [-0.39, 0.29) is 0 Å². The van der Waals surface area contributed by atoms with Crippen molar-refractivity contribution in [2.75, 3.05) is 12.3 Å². The van der Waals surface area contributed by atoms with E-state index in [4.69, 9.17) is 10.5 Å². The Morgan fingerprint density at radius 2 is 2.26 bits per heavy atom. The maximum atomic E-state index is 5.84. The van der Waals surface area contributed by atoms with E-state index < -0.39 is 0 Å². The molecule has 3 rings (SSSR count). The van der Waals surface area contributed by atoms with Crippen LogP contribution in [0.4, 0.5) is 5.82 Å². The molecule has 1 aromatic carbocycles. The van der Waals surface area contributed by atoms with Gasteiger partial charge in [-0.15, -0.1) is 5.10 Å². The highest BCUT2D eigenvalue weighted by atomic mass is 79.9. The highest BCUT2D eigenvalue weighted by Crippen LogP contribution is 2.41. The molecule has 1 heterocycles. The summed E-state index contributed by atoms with van der Waals surface area (Å²) in [5, 5.41) is 8.02. The Labute approximate surface area is 119 Å². The molecule has 0 bridgehead atoms. The normalized spacial score (nSPS) is 14.6. The maximum Gasteiger partial charge on any atom is 0.169 e. The van der Waals surface area contributed by atoms with Crippen molar-refractivity contribution in [3.8, 4) is 5.75 Å². The van der Waals surface area contributed by atoms with Crippen molar-refractivity contribution >= 4 is 21.7 Å². The molecular weight excluding hydrogens is 308 g/mol. The third kappa shape index (κ3) is 2.89. The molecule has 19 heavy (non-hydrogen) atoms. The monoisotopic (exact) mass is 322 g/mol. The Morgan fingerprint density at radius 1 is 1.42 bits per heavy atom. The van der Waals surface area contributed by atoms with Crippen LogP contribution in [-0.4, -0.2) is 21.6 Å². The summed E-state index contributed by atoms with van der Waals surface area (Å²) in [6.45, 7) is 1.22. The summed E-state index contributed by atoms with van der Waals surface area (Å²) < 4.78 is 8.57. The first-order chi connectivity index (χ1) is 9.24. The quantitative estimate of drug-likeness (QED) is 0.918. The van der Waals surface area contributed by atoms with Gasteiger partial charge in [0.05, 0.1) is 12.2 Å². The molecule has 1 saturated carbocycles. The molecule has 2 aromatic rings. The van der Waals surface area contributed by atoms with E-state index in [1.165, 1.54) is 12.8 Å². The summed E-state index contributed by atoms with van der Waals surface area (Å²) in [5.41, 5.74) is 6.91. The van der Waals surface area contributed by atoms with Crippen LogP contribution in [0.25, 0.3) is 0 Å². The average Bonchev–Trinajstić information content (AvgIpc) is 3.15. The fourth-order valence-corrected chi connectivity index (χ4v) is 2.46. The number of nitrogens with two attached hydrogens (primary N) is 1. The van der Waals surface area contributed by atoms with Gasteiger partial charge in [0.1, 0.15) is 12.4 Å². The van der Waals surface area contributed by atoms with Gasteiger partial charge >= 0.3 is 0 Å². The van der Waals surface area contributed by atoms with Crippen molar-refractivity contribution in [2.24, 2.45) is 0 Å². The second-order valence-electron chi connectivity index (χ2n) is 4.66. The molecular formula is C13H15BrN4O. The molecule has 1 aliphatic rings. The molecule has 0 saturated heterocycles. The number of anilines is 1. The van der Waals surface area contributed by atoms with Crippen LogP contribution in [0, 0.1) is 0 Å². The Bertz CT molecular complexity index is 580. The van der Waals surface area contributed by atoms with E-state index in [2.05, 4.69) is 26.2 Å². The molecule has 0 amide bonds. The van der Waals surface area contributed by atoms with Crippen molar-refractivity contribution in [3.05, 3.63) is 34.4 Å². The molecule has 2 N–H and O–H groups in total. The zero-order chi connectivity index (χ0) is 13.2. The average molecular weight is 323 g/mol. The number of ether oxygens (including phenoxy) is 1. The molecule has 1 fully saturated rings. The van der Waals surface area contributed by atoms with Gasteiger partial charge < -0.3 is 10.5 Å². The van der Waals surface area contributed by atoms with Gasteiger partial charge in [-0.1, -0.05) is 27.2 Å². The van der Waals surface area contributed by atoms with Gasteiger partial charge in [-0.2, -0.15) is 0 Å². The molecule has 0 aliphatic heterocycles. The van der Waals surface area contributed by atoms with Crippen LogP contribution < -0.4 is 10.5 Å². The van der Waals surface area contributed by atoms with Gasteiger partial charge in [0, 0.05) is 10.4 Å². The van der Waals surface area contributed by atoms with Gasteiger partial charge in [-0.25, -0.2) is 4.68 Å². The molecule has 1 aliphatic carbocycles.